The molecule has 0 N–H and O–H groups in total. The van der Waals surface area contributed by atoms with Crippen LogP contribution >= 0.6 is 0 Å². The van der Waals surface area contributed by atoms with Crippen LogP contribution in [-0.2, 0) is 6.54 Å². The summed E-state index contributed by atoms with van der Waals surface area (Å²) in [6, 6.07) is 6.00. The van der Waals surface area contributed by atoms with E-state index in [1.54, 1.807) is 0 Å². The standard InChI is InChI=1S/C19H24N4O2/c1-22(2)12-13-5-8-15(20-11-13)17-4-3-9-23(17)19(24)16-10-18(25-21-16)14-6-7-14/h5,8,10-11,14,17H,3-4,6-7,9,12H2,1-2H3. The summed E-state index contributed by atoms with van der Waals surface area (Å²) >= 11 is 0. The van der Waals surface area contributed by atoms with Crippen LogP contribution in [0.2, 0.25) is 0 Å². The number of carbonyl (C=O) groups is 1. The van der Waals surface area contributed by atoms with Gasteiger partial charge in [0.15, 0.2) is 5.69 Å². The molecule has 4 rings (SSSR count). The van der Waals surface area contributed by atoms with Gasteiger partial charge in [0.1, 0.15) is 5.76 Å². The zero-order valence-corrected chi connectivity index (χ0v) is 14.8. The summed E-state index contributed by atoms with van der Waals surface area (Å²) < 4.78 is 5.35. The fourth-order valence-corrected chi connectivity index (χ4v) is 3.51. The first kappa shape index (κ1) is 16.3. The molecular formula is C19H24N4O2. The predicted octanol–water partition coefficient (Wildman–Crippen LogP) is 2.99. The lowest BCUT2D eigenvalue weighted by atomic mass is 10.1. The molecule has 25 heavy (non-hydrogen) atoms. The van der Waals surface area contributed by atoms with Gasteiger partial charge in [0, 0.05) is 31.3 Å². The van der Waals surface area contributed by atoms with E-state index in [2.05, 4.69) is 21.1 Å². The van der Waals surface area contributed by atoms with E-state index in [4.69, 9.17) is 4.52 Å². The number of hydrogen-bond donors (Lipinski definition) is 0. The molecular weight excluding hydrogens is 316 g/mol. The molecule has 1 aliphatic heterocycles. The van der Waals surface area contributed by atoms with Gasteiger partial charge in [-0.2, -0.15) is 0 Å². The molecule has 0 bridgehead atoms. The minimum absolute atomic E-state index is 0.0296. The van der Waals surface area contributed by atoms with Crippen molar-refractivity contribution in [3.63, 3.8) is 0 Å². The maximum absolute atomic E-state index is 12.9. The molecule has 6 heteroatoms. The van der Waals surface area contributed by atoms with Gasteiger partial charge in [0.25, 0.3) is 5.91 Å². The first-order valence-electron chi connectivity index (χ1n) is 8.99. The van der Waals surface area contributed by atoms with Gasteiger partial charge >= 0.3 is 0 Å². The summed E-state index contributed by atoms with van der Waals surface area (Å²) in [7, 11) is 4.08. The maximum Gasteiger partial charge on any atom is 0.276 e. The molecule has 2 aliphatic rings. The molecule has 2 aromatic heterocycles. The van der Waals surface area contributed by atoms with Gasteiger partial charge < -0.3 is 14.3 Å². The normalized spacial score (nSPS) is 20.4. The molecule has 1 amide bonds. The summed E-state index contributed by atoms with van der Waals surface area (Å²) in [6.07, 6.45) is 6.12. The number of aromatic nitrogens is 2. The van der Waals surface area contributed by atoms with E-state index >= 15 is 0 Å². The van der Waals surface area contributed by atoms with Crippen LogP contribution in [-0.4, -0.2) is 46.5 Å². The number of likely N-dealkylation sites (tertiary alicyclic amines) is 1. The minimum atomic E-state index is -0.0441. The van der Waals surface area contributed by atoms with Gasteiger partial charge in [-0.3, -0.25) is 9.78 Å². The topological polar surface area (TPSA) is 62.5 Å². The van der Waals surface area contributed by atoms with E-state index in [1.807, 2.05) is 37.3 Å². The number of pyridine rings is 1. The van der Waals surface area contributed by atoms with E-state index in [1.165, 1.54) is 5.56 Å². The Kier molecular flexibility index (Phi) is 4.29. The summed E-state index contributed by atoms with van der Waals surface area (Å²) in [5, 5.41) is 4.00. The van der Waals surface area contributed by atoms with Crippen molar-refractivity contribution >= 4 is 5.91 Å². The van der Waals surface area contributed by atoms with Crippen molar-refractivity contribution in [2.75, 3.05) is 20.6 Å². The molecule has 6 nitrogen and oxygen atoms in total. The third-order valence-corrected chi connectivity index (χ3v) is 4.93. The second kappa shape index (κ2) is 6.59. The molecule has 0 spiro atoms. The highest BCUT2D eigenvalue weighted by molar-refractivity contribution is 5.92. The molecule has 2 fully saturated rings. The predicted molar refractivity (Wildman–Crippen MR) is 93.1 cm³/mol. The number of hydrogen-bond acceptors (Lipinski definition) is 5. The van der Waals surface area contributed by atoms with Gasteiger partial charge in [0.05, 0.1) is 11.7 Å². The van der Waals surface area contributed by atoms with Crippen molar-refractivity contribution < 1.29 is 9.32 Å². The Bertz CT molecular complexity index is 749. The van der Waals surface area contributed by atoms with E-state index < -0.39 is 0 Å². The van der Waals surface area contributed by atoms with Crippen LogP contribution < -0.4 is 0 Å². The van der Waals surface area contributed by atoms with Crippen LogP contribution in [0.25, 0.3) is 0 Å². The van der Waals surface area contributed by atoms with E-state index in [0.29, 0.717) is 11.6 Å². The first-order chi connectivity index (χ1) is 12.1. The van der Waals surface area contributed by atoms with Crippen molar-refractivity contribution in [3.8, 4) is 0 Å². The third-order valence-electron chi connectivity index (χ3n) is 4.93. The lowest BCUT2D eigenvalue weighted by Gasteiger charge is -2.23. The molecule has 1 aliphatic carbocycles. The SMILES string of the molecule is CN(C)Cc1ccc(C2CCCN2C(=O)c2cc(C3CC3)on2)nc1. The Balaban J connectivity index is 1.50. The zero-order valence-electron chi connectivity index (χ0n) is 14.8. The van der Waals surface area contributed by atoms with Gasteiger partial charge in [-0.15, -0.1) is 0 Å². The molecule has 132 valence electrons. The zero-order chi connectivity index (χ0) is 17.4. The maximum atomic E-state index is 12.9. The quantitative estimate of drug-likeness (QED) is 0.837. The van der Waals surface area contributed by atoms with Crippen molar-refractivity contribution in [3.05, 3.63) is 47.1 Å². The molecule has 1 saturated heterocycles. The Morgan fingerprint density at radius 1 is 1.32 bits per heavy atom. The van der Waals surface area contributed by atoms with Crippen molar-refractivity contribution in [1.29, 1.82) is 0 Å². The Labute approximate surface area is 147 Å². The van der Waals surface area contributed by atoms with Gasteiger partial charge in [-0.1, -0.05) is 11.2 Å². The second-order valence-corrected chi connectivity index (χ2v) is 7.37. The van der Waals surface area contributed by atoms with Crippen molar-refractivity contribution in [1.82, 2.24) is 19.9 Å². The largest absolute Gasteiger partial charge is 0.360 e. The third kappa shape index (κ3) is 3.44. The summed E-state index contributed by atoms with van der Waals surface area (Å²) in [4.78, 5) is 21.5. The molecule has 2 aromatic rings. The van der Waals surface area contributed by atoms with E-state index in [9.17, 15) is 4.79 Å². The number of nitrogens with zero attached hydrogens (tertiary/aromatic N) is 4. The summed E-state index contributed by atoms with van der Waals surface area (Å²) in [5.41, 5.74) is 2.56. The van der Waals surface area contributed by atoms with E-state index in [-0.39, 0.29) is 11.9 Å². The van der Waals surface area contributed by atoms with Crippen LogP contribution in [0.3, 0.4) is 0 Å². The molecule has 0 radical (unpaired) electrons. The van der Waals surface area contributed by atoms with Crippen LogP contribution in [0.1, 0.15) is 65.1 Å². The lowest BCUT2D eigenvalue weighted by Crippen LogP contribution is -2.31. The Hall–Kier alpha value is -2.21. The molecule has 1 atom stereocenters. The van der Waals surface area contributed by atoms with Gasteiger partial charge in [-0.05, 0) is 51.4 Å². The average Bonchev–Trinajstić information content (AvgIpc) is 3.13. The lowest BCUT2D eigenvalue weighted by molar-refractivity contribution is 0.0722. The summed E-state index contributed by atoms with van der Waals surface area (Å²) in [6.45, 7) is 1.61. The number of amides is 1. The highest BCUT2D eigenvalue weighted by Crippen LogP contribution is 2.40. The fraction of sp³-hybridized carbons (Fsp3) is 0.526. The summed E-state index contributed by atoms with van der Waals surface area (Å²) in [5.74, 6) is 1.27. The Morgan fingerprint density at radius 3 is 2.84 bits per heavy atom. The van der Waals surface area contributed by atoms with Crippen LogP contribution in [0, 0.1) is 0 Å². The molecule has 3 heterocycles. The molecule has 1 saturated carbocycles. The highest BCUT2D eigenvalue weighted by atomic mass is 16.5. The van der Waals surface area contributed by atoms with Gasteiger partial charge in [-0.25, -0.2) is 0 Å². The average molecular weight is 340 g/mol. The fourth-order valence-electron chi connectivity index (χ4n) is 3.51. The number of rotatable bonds is 5. The molecule has 0 aromatic carbocycles. The van der Waals surface area contributed by atoms with Gasteiger partial charge in [0.2, 0.25) is 0 Å². The van der Waals surface area contributed by atoms with Crippen molar-refractivity contribution in [2.24, 2.45) is 0 Å². The first-order valence-corrected chi connectivity index (χ1v) is 8.99. The van der Waals surface area contributed by atoms with Crippen LogP contribution in [0.4, 0.5) is 0 Å². The smallest absolute Gasteiger partial charge is 0.276 e. The second-order valence-electron chi connectivity index (χ2n) is 7.37. The minimum Gasteiger partial charge on any atom is -0.360 e. The monoisotopic (exact) mass is 340 g/mol. The van der Waals surface area contributed by atoms with Crippen molar-refractivity contribution in [2.45, 2.75) is 44.2 Å². The van der Waals surface area contributed by atoms with Crippen LogP contribution in [0.15, 0.2) is 28.9 Å². The molecule has 1 unspecified atom stereocenters. The number of carbonyl (C=O) groups excluding carboxylic acids is 1. The van der Waals surface area contributed by atoms with E-state index in [0.717, 1.165) is 50.2 Å². The Morgan fingerprint density at radius 2 is 2.16 bits per heavy atom. The highest BCUT2D eigenvalue weighted by Gasteiger charge is 2.34. The van der Waals surface area contributed by atoms with Crippen LogP contribution in [0.5, 0.6) is 0 Å².